The molecular weight excluding hydrogens is 490 g/mol. The number of benzene rings is 2. The van der Waals surface area contributed by atoms with Crippen molar-refractivity contribution in [2.45, 2.75) is 37.1 Å². The topological polar surface area (TPSA) is 138 Å². The lowest BCUT2D eigenvalue weighted by Gasteiger charge is -2.28. The largest absolute Gasteiger partial charge is 0.497 e. The minimum absolute atomic E-state index is 0.114. The van der Waals surface area contributed by atoms with Gasteiger partial charge in [0.05, 0.1) is 20.4 Å². The maximum absolute atomic E-state index is 13.0. The zero-order chi connectivity index (χ0) is 26.5. The lowest BCUT2D eigenvalue weighted by atomic mass is 9.91. The summed E-state index contributed by atoms with van der Waals surface area (Å²) in [5.74, 6) is 5.91. The van der Waals surface area contributed by atoms with Crippen LogP contribution < -0.4 is 26.0 Å². The fraction of sp³-hybridized carbons (Fsp3) is 0.333. The number of urea groups is 2. The summed E-state index contributed by atoms with van der Waals surface area (Å²) in [4.78, 5) is 51.3. The van der Waals surface area contributed by atoms with Crippen LogP contribution in [-0.2, 0) is 39.4 Å². The van der Waals surface area contributed by atoms with Crippen LogP contribution in [0.5, 0.6) is 5.75 Å². The first-order chi connectivity index (χ1) is 18.3. The number of rotatable bonds is 3. The third kappa shape index (κ3) is 3.95. The number of amides is 6. The first-order valence-corrected chi connectivity index (χ1v) is 12.2. The van der Waals surface area contributed by atoms with Gasteiger partial charge in [-0.2, -0.15) is 0 Å². The molecule has 2 saturated heterocycles. The molecule has 11 nitrogen and oxygen atoms in total. The summed E-state index contributed by atoms with van der Waals surface area (Å²) in [5.41, 5.74) is 1.77. The Kier molecular flexibility index (Phi) is 5.59. The van der Waals surface area contributed by atoms with Gasteiger partial charge in [-0.3, -0.25) is 25.1 Å². The van der Waals surface area contributed by atoms with Crippen molar-refractivity contribution in [1.29, 1.82) is 0 Å². The summed E-state index contributed by atoms with van der Waals surface area (Å²) in [7, 11) is 1.61. The second kappa shape index (κ2) is 8.86. The molecule has 2 aromatic carbocycles. The van der Waals surface area contributed by atoms with Crippen LogP contribution in [0.1, 0.15) is 34.2 Å². The molecule has 2 fully saturated rings. The fourth-order valence-electron chi connectivity index (χ4n) is 5.54. The summed E-state index contributed by atoms with van der Waals surface area (Å²) >= 11 is 0. The number of carbonyl (C=O) groups excluding carboxylic acids is 4. The zero-order valence-electron chi connectivity index (χ0n) is 20.6. The highest BCUT2D eigenvalue weighted by Crippen LogP contribution is 2.39. The lowest BCUT2D eigenvalue weighted by molar-refractivity contribution is -0.124. The number of fused-ring (bicyclic) bond motifs is 3. The Morgan fingerprint density at radius 2 is 1.79 bits per heavy atom. The SMILES string of the molecule is COc1ccc2c(c1)COCN(CC1(C#Cc3ccc4c(c3)CCC43NC(=O)NC3=O)NC(=O)NC1=O)C2. The number of aryl methyl sites for hydroxylation is 1. The Balaban J connectivity index is 1.27. The second-order valence-electron chi connectivity index (χ2n) is 9.85. The van der Waals surface area contributed by atoms with E-state index in [-0.39, 0.29) is 19.2 Å². The van der Waals surface area contributed by atoms with E-state index in [4.69, 9.17) is 9.47 Å². The first-order valence-electron chi connectivity index (χ1n) is 12.2. The molecule has 6 amide bonds. The predicted molar refractivity (Wildman–Crippen MR) is 132 cm³/mol. The van der Waals surface area contributed by atoms with Gasteiger partial charge in [-0.1, -0.05) is 24.0 Å². The van der Waals surface area contributed by atoms with E-state index >= 15 is 0 Å². The number of nitrogens with one attached hydrogen (secondary N) is 4. The molecule has 1 spiro atoms. The normalized spacial score (nSPS) is 25.9. The molecular formula is C27H25N5O6. The van der Waals surface area contributed by atoms with E-state index in [0.29, 0.717) is 31.6 Å². The number of hydrogen-bond donors (Lipinski definition) is 4. The average molecular weight is 516 g/mol. The van der Waals surface area contributed by atoms with Crippen LogP contribution >= 0.6 is 0 Å². The Morgan fingerprint density at radius 3 is 2.53 bits per heavy atom. The van der Waals surface area contributed by atoms with Crippen molar-refractivity contribution in [2.24, 2.45) is 0 Å². The molecule has 0 saturated carbocycles. The van der Waals surface area contributed by atoms with Crippen LogP contribution in [0.3, 0.4) is 0 Å². The van der Waals surface area contributed by atoms with Crippen LogP contribution in [0.25, 0.3) is 0 Å². The molecule has 4 N–H and O–H groups in total. The highest BCUT2D eigenvalue weighted by molar-refractivity contribution is 6.09. The molecule has 194 valence electrons. The average Bonchev–Trinajstić information content (AvgIpc) is 3.43. The number of nitrogens with zero attached hydrogens (tertiary/aromatic N) is 1. The summed E-state index contributed by atoms with van der Waals surface area (Å²) in [6.45, 7) is 1.26. The molecule has 4 aliphatic rings. The smallest absolute Gasteiger partial charge is 0.323 e. The zero-order valence-corrected chi connectivity index (χ0v) is 20.6. The maximum Gasteiger partial charge on any atom is 0.323 e. The molecule has 2 aromatic rings. The van der Waals surface area contributed by atoms with Crippen LogP contribution in [0, 0.1) is 11.8 Å². The summed E-state index contributed by atoms with van der Waals surface area (Å²) < 4.78 is 11.2. The molecule has 1 aliphatic carbocycles. The number of hydrogen-bond acceptors (Lipinski definition) is 7. The Morgan fingerprint density at radius 1 is 0.974 bits per heavy atom. The van der Waals surface area contributed by atoms with E-state index in [9.17, 15) is 19.2 Å². The molecule has 3 heterocycles. The van der Waals surface area contributed by atoms with E-state index in [2.05, 4.69) is 33.1 Å². The van der Waals surface area contributed by atoms with E-state index in [0.717, 1.165) is 28.0 Å². The summed E-state index contributed by atoms with van der Waals surface area (Å²) in [5, 5.41) is 10.1. The second-order valence-corrected chi connectivity index (χ2v) is 9.85. The van der Waals surface area contributed by atoms with Gasteiger partial charge < -0.3 is 20.1 Å². The number of carbonyl (C=O) groups is 4. The highest BCUT2D eigenvalue weighted by atomic mass is 16.5. The van der Waals surface area contributed by atoms with Gasteiger partial charge in [0.15, 0.2) is 5.54 Å². The quantitative estimate of drug-likeness (QED) is 0.347. The number of ether oxygens (including phenoxy) is 2. The molecule has 0 aromatic heterocycles. The molecule has 3 aliphatic heterocycles. The van der Waals surface area contributed by atoms with Crippen molar-refractivity contribution in [3.05, 3.63) is 64.2 Å². The third-order valence-corrected chi connectivity index (χ3v) is 7.44. The van der Waals surface area contributed by atoms with Crippen molar-refractivity contribution < 1.29 is 28.7 Å². The van der Waals surface area contributed by atoms with E-state index < -0.39 is 29.0 Å². The van der Waals surface area contributed by atoms with Gasteiger partial charge in [0.2, 0.25) is 0 Å². The van der Waals surface area contributed by atoms with Gasteiger partial charge in [-0.15, -0.1) is 0 Å². The van der Waals surface area contributed by atoms with Crippen molar-refractivity contribution in [2.75, 3.05) is 20.4 Å². The number of methoxy groups -OCH3 is 1. The van der Waals surface area contributed by atoms with Crippen LogP contribution in [0.15, 0.2) is 36.4 Å². The van der Waals surface area contributed by atoms with Gasteiger partial charge >= 0.3 is 12.1 Å². The van der Waals surface area contributed by atoms with Gasteiger partial charge in [0, 0.05) is 18.7 Å². The molecule has 0 bridgehead atoms. The Labute approximate surface area is 218 Å². The van der Waals surface area contributed by atoms with E-state index in [1.807, 2.05) is 29.2 Å². The summed E-state index contributed by atoms with van der Waals surface area (Å²) in [6.07, 6.45) is 1.05. The molecule has 38 heavy (non-hydrogen) atoms. The van der Waals surface area contributed by atoms with Gasteiger partial charge in [0.25, 0.3) is 11.8 Å². The molecule has 2 unspecified atom stereocenters. The first kappa shape index (κ1) is 24.0. The van der Waals surface area contributed by atoms with Crippen LogP contribution in [-0.4, -0.2) is 54.7 Å². The van der Waals surface area contributed by atoms with Crippen molar-refractivity contribution in [1.82, 2.24) is 26.2 Å². The lowest BCUT2D eigenvalue weighted by Crippen LogP contribution is -2.54. The van der Waals surface area contributed by atoms with E-state index in [1.165, 1.54) is 0 Å². The Bertz CT molecular complexity index is 1460. The van der Waals surface area contributed by atoms with Crippen LogP contribution in [0.2, 0.25) is 0 Å². The van der Waals surface area contributed by atoms with Crippen molar-refractivity contribution >= 4 is 23.9 Å². The van der Waals surface area contributed by atoms with Crippen LogP contribution in [0.4, 0.5) is 9.59 Å². The molecule has 6 rings (SSSR count). The highest BCUT2D eigenvalue weighted by Gasteiger charge is 2.51. The van der Waals surface area contributed by atoms with Gasteiger partial charge in [-0.25, -0.2) is 9.59 Å². The van der Waals surface area contributed by atoms with Crippen molar-refractivity contribution in [3.8, 4) is 17.6 Å². The van der Waals surface area contributed by atoms with Gasteiger partial charge in [-0.05, 0) is 59.4 Å². The predicted octanol–water partition coefficient (Wildman–Crippen LogP) is 0.596. The minimum Gasteiger partial charge on any atom is -0.497 e. The third-order valence-electron chi connectivity index (χ3n) is 7.44. The van der Waals surface area contributed by atoms with E-state index in [1.54, 1.807) is 19.2 Å². The molecule has 11 heteroatoms. The minimum atomic E-state index is -1.48. The molecule has 0 radical (unpaired) electrons. The Hall–Kier alpha value is -4.40. The maximum atomic E-state index is 13.0. The van der Waals surface area contributed by atoms with Gasteiger partial charge in [0.1, 0.15) is 11.3 Å². The van der Waals surface area contributed by atoms with Crippen molar-refractivity contribution in [3.63, 3.8) is 0 Å². The molecule has 2 atom stereocenters. The standard InChI is InChI=1S/C27H25N5O6/c1-37-20-4-3-18-12-32(15-38-13-19(18)11-20)14-26(22(33)28-24(35)30-26)8-6-16-2-5-21-17(10-16)7-9-27(21)23(34)29-25(36)31-27/h2-5,10-11H,7,9,12-15H2,1H3,(H2,28,30,33,35)(H2,29,31,34,36). The fourth-order valence-corrected chi connectivity index (χ4v) is 5.54. The monoisotopic (exact) mass is 515 g/mol. The number of imide groups is 2. The summed E-state index contributed by atoms with van der Waals surface area (Å²) in [6, 6.07) is 10.0.